The Morgan fingerprint density at radius 2 is 1.37 bits per heavy atom. The molecule has 524 valence electrons. The summed E-state index contributed by atoms with van der Waals surface area (Å²) in [6.45, 7) is 18.8. The summed E-state index contributed by atoms with van der Waals surface area (Å²) in [5.74, 6) is -5.42. The normalized spacial score (nSPS) is 17.8. The third kappa shape index (κ3) is 23.1. The second-order valence-electron chi connectivity index (χ2n) is 25.9. The topological polar surface area (TPSA) is 350 Å². The number of imide groups is 1. The van der Waals surface area contributed by atoms with E-state index in [-0.39, 0.29) is 86.9 Å². The highest BCUT2D eigenvalue weighted by Crippen LogP contribution is 2.31. The Morgan fingerprint density at radius 3 is 1.95 bits per heavy atom. The third-order valence-electron chi connectivity index (χ3n) is 17.9. The molecule has 10 N–H and O–H groups in total. The summed E-state index contributed by atoms with van der Waals surface area (Å²) in [5.41, 5.74) is 6.82. The van der Waals surface area contributed by atoms with E-state index in [2.05, 4.69) is 31.9 Å². The fourth-order valence-electron chi connectivity index (χ4n) is 12.2. The molecular weight excluding hydrogens is 1210 g/mol. The first-order valence-corrected chi connectivity index (χ1v) is 33.0. The maximum absolute atomic E-state index is 14.8. The van der Waals surface area contributed by atoms with Crippen LogP contribution in [-0.2, 0) is 59.2 Å². The highest BCUT2D eigenvalue weighted by molar-refractivity contribution is 6.12. The van der Waals surface area contributed by atoms with Crippen LogP contribution in [0.3, 0.4) is 0 Å². The van der Waals surface area contributed by atoms with E-state index in [1.165, 1.54) is 31.2 Å². The zero-order valence-corrected chi connectivity index (χ0v) is 57.6. The molecule has 0 saturated carbocycles. The van der Waals surface area contributed by atoms with Gasteiger partial charge in [0, 0.05) is 84.2 Å². The van der Waals surface area contributed by atoms with Gasteiger partial charge in [-0.1, -0.05) is 118 Å². The van der Waals surface area contributed by atoms with Crippen molar-refractivity contribution < 1.29 is 72.4 Å². The highest BCUT2D eigenvalue weighted by atomic mass is 16.6. The standard InChI is InChI=1S/C68H107N11O15/c1-15-43(8)59(51(92-13)38-55(83)78-37-23-27-50(78)61(93-14)44(9)62(85)71-45(10)60(84)47-24-18-16-19-25-47)76(11)66(89)57(41(4)5)75-65(88)58(42(6)7)77(12)68(91)94-39-46-29-31-48(32-30-46)72-63(86)49(26-22-35-70-67(69)90)73-64(87)56(40(2)3)74-52(80)28-20-17-21-36-79-53(81)33-34-54(79)82/h16,18-19,24-25,29-34,40-45,49-51,56-62,71,84-85H,15,17,20-23,26-28,35-39H2,1-14H3,(H,72,86)(H,73,87)(H,74,80)(H,75,88)(H3,69,70,90). The average molecular weight is 1320 g/mol. The molecule has 94 heavy (non-hydrogen) atoms. The van der Waals surface area contributed by atoms with E-state index in [4.69, 9.17) is 19.9 Å². The molecule has 2 aromatic rings. The van der Waals surface area contributed by atoms with Gasteiger partial charge in [-0.05, 0) is 92.4 Å². The monoisotopic (exact) mass is 1320 g/mol. The number of unbranched alkanes of at least 4 members (excludes halogenated alkanes) is 2. The number of likely N-dealkylation sites (N-methyl/N-ethyl adjacent to an activating group) is 2. The number of hydrogen-bond donors (Lipinski definition) is 9. The van der Waals surface area contributed by atoms with Gasteiger partial charge in [0.05, 0.1) is 36.8 Å². The van der Waals surface area contributed by atoms with Gasteiger partial charge in [-0.15, -0.1) is 0 Å². The number of hydrogen-bond acceptors (Lipinski definition) is 16. The van der Waals surface area contributed by atoms with Crippen LogP contribution in [0, 0.1) is 29.6 Å². The molecule has 26 nitrogen and oxygen atoms in total. The lowest BCUT2D eigenvalue weighted by Crippen LogP contribution is -2.60. The highest BCUT2D eigenvalue weighted by Gasteiger charge is 2.44. The first-order chi connectivity index (χ1) is 44.5. The number of aliphatic hydroxyl groups is 2. The Kier molecular flexibility index (Phi) is 32.5. The van der Waals surface area contributed by atoms with E-state index in [1.54, 1.807) is 96.7 Å². The predicted molar refractivity (Wildman–Crippen MR) is 354 cm³/mol. The van der Waals surface area contributed by atoms with Gasteiger partial charge in [-0.2, -0.15) is 0 Å². The van der Waals surface area contributed by atoms with Gasteiger partial charge in [0.2, 0.25) is 35.4 Å². The second-order valence-corrected chi connectivity index (χ2v) is 25.9. The van der Waals surface area contributed by atoms with E-state index < -0.39 is 114 Å². The van der Waals surface area contributed by atoms with Gasteiger partial charge in [0.25, 0.3) is 11.8 Å². The largest absolute Gasteiger partial charge is 0.445 e. The van der Waals surface area contributed by atoms with Crippen LogP contribution in [0.2, 0.25) is 0 Å². The van der Waals surface area contributed by atoms with Gasteiger partial charge in [0.1, 0.15) is 37.0 Å². The summed E-state index contributed by atoms with van der Waals surface area (Å²) in [4.78, 5) is 139. The minimum Gasteiger partial charge on any atom is -0.445 e. The first kappa shape index (κ1) is 78.9. The second kappa shape index (κ2) is 38.7. The van der Waals surface area contributed by atoms with E-state index in [0.29, 0.717) is 61.9 Å². The maximum Gasteiger partial charge on any atom is 0.410 e. The number of ether oxygens (including phenoxy) is 3. The summed E-state index contributed by atoms with van der Waals surface area (Å²) in [5, 5.41) is 39.3. The Morgan fingerprint density at radius 1 is 0.734 bits per heavy atom. The van der Waals surface area contributed by atoms with Crippen LogP contribution in [0.15, 0.2) is 66.7 Å². The molecule has 2 aromatic carbocycles. The van der Waals surface area contributed by atoms with E-state index in [1.807, 2.05) is 51.1 Å². The van der Waals surface area contributed by atoms with Gasteiger partial charge in [-0.3, -0.25) is 53.5 Å². The molecular formula is C68H107N11O15. The van der Waals surface area contributed by atoms with Crippen molar-refractivity contribution in [3.05, 3.63) is 77.9 Å². The lowest BCUT2D eigenvalue weighted by Gasteiger charge is -2.41. The number of nitrogens with zero attached hydrogens (tertiary/aromatic N) is 4. The molecule has 2 heterocycles. The van der Waals surface area contributed by atoms with E-state index in [0.717, 1.165) is 4.90 Å². The number of aliphatic hydroxyl groups excluding tert-OH is 2. The third-order valence-corrected chi connectivity index (χ3v) is 17.9. The molecule has 0 aromatic heterocycles. The van der Waals surface area contributed by atoms with E-state index in [9.17, 15) is 58.2 Å². The van der Waals surface area contributed by atoms with Crippen LogP contribution in [0.4, 0.5) is 15.3 Å². The number of nitrogens with two attached hydrogens (primary N) is 1. The quantitative estimate of drug-likeness (QED) is 0.0245. The molecule has 13 atom stereocenters. The number of carbonyl (C=O) groups excluding carboxylic acids is 10. The number of benzene rings is 2. The lowest BCUT2D eigenvalue weighted by atomic mass is 9.89. The molecule has 26 heteroatoms. The summed E-state index contributed by atoms with van der Waals surface area (Å²) in [7, 11) is 6.14. The number of primary amides is 1. The molecule has 2 aliphatic heterocycles. The van der Waals surface area contributed by atoms with Crippen molar-refractivity contribution in [2.75, 3.05) is 53.3 Å². The Labute approximate surface area is 554 Å². The number of likely N-dealkylation sites (tertiary alicyclic amines) is 1. The molecule has 11 amide bonds. The van der Waals surface area contributed by atoms with Crippen molar-refractivity contribution in [3.8, 4) is 0 Å². The fraction of sp³-hybridized carbons (Fsp3) is 0.647. The predicted octanol–water partition coefficient (Wildman–Crippen LogP) is 4.87. The maximum atomic E-state index is 14.8. The smallest absolute Gasteiger partial charge is 0.410 e. The first-order valence-electron chi connectivity index (χ1n) is 33.0. The molecule has 0 spiro atoms. The number of amides is 11. The van der Waals surface area contributed by atoms with Gasteiger partial charge >= 0.3 is 12.1 Å². The van der Waals surface area contributed by atoms with E-state index >= 15 is 0 Å². The molecule has 1 fully saturated rings. The number of carbonyl (C=O) groups is 10. The minimum absolute atomic E-state index is 0.0700. The number of methoxy groups -OCH3 is 2. The van der Waals surface area contributed by atoms with Crippen molar-refractivity contribution in [1.29, 1.82) is 0 Å². The number of anilines is 1. The SMILES string of the molecule is CCC(C)C(C(CC(=O)N1CCCC1C(OC)C(C)C(O)NC(C)C(O)c1ccccc1)OC)N(C)C(=O)C(NC(=O)C(C(C)C)N(C)C(=O)OCc1ccc(NC(=O)C(CCCNC(N)=O)NC(=O)C(NC(=O)CCCCCN2C(=O)C=CC2=O)C(C)C)cc1)C(C)C. The molecule has 2 aliphatic rings. The lowest BCUT2D eigenvalue weighted by molar-refractivity contribution is -0.147. The van der Waals surface area contributed by atoms with Crippen molar-refractivity contribution in [1.82, 2.24) is 46.2 Å². The zero-order chi connectivity index (χ0) is 70.1. The summed E-state index contributed by atoms with van der Waals surface area (Å²) in [6.07, 6.45) is 2.16. The van der Waals surface area contributed by atoms with Crippen LogP contribution >= 0.6 is 0 Å². The molecule has 4 rings (SSSR count). The molecule has 0 bridgehead atoms. The van der Waals surface area contributed by atoms with Gasteiger partial charge in [-0.25, -0.2) is 9.59 Å². The van der Waals surface area contributed by atoms with Crippen molar-refractivity contribution >= 4 is 65.1 Å². The number of rotatable bonds is 39. The van der Waals surface area contributed by atoms with Crippen LogP contribution in [0.1, 0.15) is 151 Å². The Balaban J connectivity index is 1.37. The summed E-state index contributed by atoms with van der Waals surface area (Å²) in [6, 6.07) is 9.06. The fourth-order valence-corrected chi connectivity index (χ4v) is 12.2. The molecule has 0 aliphatic carbocycles. The molecule has 13 unspecified atom stereocenters. The summed E-state index contributed by atoms with van der Waals surface area (Å²) >= 11 is 0. The van der Waals surface area contributed by atoms with Gasteiger partial charge < -0.3 is 66.5 Å². The van der Waals surface area contributed by atoms with Crippen molar-refractivity contribution in [3.63, 3.8) is 0 Å². The van der Waals surface area contributed by atoms with Crippen LogP contribution < -0.4 is 37.6 Å². The number of urea groups is 1. The van der Waals surface area contributed by atoms with Gasteiger partial charge in [0.15, 0.2) is 0 Å². The number of nitrogens with one attached hydrogen (secondary N) is 6. The minimum atomic E-state index is -1.11. The molecule has 0 radical (unpaired) electrons. The Hall–Kier alpha value is -7.52. The average Bonchev–Trinajstić information content (AvgIpc) is 1.33. The van der Waals surface area contributed by atoms with Crippen LogP contribution in [0.25, 0.3) is 0 Å². The summed E-state index contributed by atoms with van der Waals surface area (Å²) < 4.78 is 17.8. The van der Waals surface area contributed by atoms with Crippen molar-refractivity contribution in [2.45, 2.75) is 207 Å². The zero-order valence-electron chi connectivity index (χ0n) is 57.6. The van der Waals surface area contributed by atoms with Crippen LogP contribution in [0.5, 0.6) is 0 Å². The Bertz CT molecular complexity index is 2830. The van der Waals surface area contributed by atoms with Crippen LogP contribution in [-0.4, -0.2) is 198 Å². The van der Waals surface area contributed by atoms with Crippen molar-refractivity contribution in [2.24, 2.45) is 35.3 Å². The molecule has 1 saturated heterocycles.